The van der Waals surface area contributed by atoms with E-state index in [1.54, 1.807) is 0 Å². The Kier molecular flexibility index (Phi) is 7.35. The number of carbonyl (C=O) groups is 1. The summed E-state index contributed by atoms with van der Waals surface area (Å²) >= 11 is 0. The van der Waals surface area contributed by atoms with Gasteiger partial charge in [0.15, 0.2) is 0 Å². The highest BCUT2D eigenvalue weighted by atomic mass is 16.7. The summed E-state index contributed by atoms with van der Waals surface area (Å²) < 4.78 is 17.6. The molecular formula is C20H37BO4. The van der Waals surface area contributed by atoms with Gasteiger partial charge in [-0.2, -0.15) is 0 Å². The van der Waals surface area contributed by atoms with Crippen LogP contribution in [0.3, 0.4) is 0 Å². The van der Waals surface area contributed by atoms with Crippen LogP contribution >= 0.6 is 0 Å². The zero-order valence-electron chi connectivity index (χ0n) is 17.7. The summed E-state index contributed by atoms with van der Waals surface area (Å²) in [5, 5.41) is 0. The molecule has 0 bridgehead atoms. The molecule has 0 spiro atoms. The Morgan fingerprint density at radius 1 is 1.04 bits per heavy atom. The van der Waals surface area contributed by atoms with E-state index in [4.69, 9.17) is 14.0 Å². The van der Waals surface area contributed by atoms with Gasteiger partial charge in [-0.15, -0.1) is 0 Å². The van der Waals surface area contributed by atoms with E-state index in [2.05, 4.69) is 27.7 Å². The molecule has 0 aromatic rings. The Balaban J connectivity index is 3.20. The van der Waals surface area contributed by atoms with Crippen LogP contribution in [0.4, 0.5) is 0 Å². The third-order valence-electron chi connectivity index (χ3n) is 5.24. The predicted octanol–water partition coefficient (Wildman–Crippen LogP) is 5.17. The van der Waals surface area contributed by atoms with Crippen LogP contribution in [-0.4, -0.2) is 30.9 Å². The van der Waals surface area contributed by atoms with E-state index >= 15 is 0 Å². The summed E-state index contributed by atoms with van der Waals surface area (Å²) in [5.41, 5.74) is 0.982. The van der Waals surface area contributed by atoms with Gasteiger partial charge in [0.2, 0.25) is 0 Å². The maximum Gasteiger partial charge on any atom is 0.462 e. The molecule has 0 aliphatic carbocycles. The van der Waals surface area contributed by atoms with Crippen molar-refractivity contribution in [1.82, 2.24) is 0 Å². The fourth-order valence-electron chi connectivity index (χ4n) is 3.10. The zero-order valence-corrected chi connectivity index (χ0v) is 17.7. The first kappa shape index (κ1) is 22.2. The number of ether oxygens (including phenoxy) is 1. The quantitative estimate of drug-likeness (QED) is 0.360. The molecule has 0 aromatic heterocycles. The second-order valence-electron chi connectivity index (χ2n) is 8.92. The molecule has 0 saturated carbocycles. The molecule has 0 amide bonds. The lowest BCUT2D eigenvalue weighted by Gasteiger charge is -2.32. The molecule has 0 unspecified atom stereocenters. The van der Waals surface area contributed by atoms with Crippen molar-refractivity contribution in [2.75, 3.05) is 6.61 Å². The number of unbranched alkanes of at least 4 members (excludes halogenated alkanes) is 1. The van der Waals surface area contributed by atoms with E-state index < -0.39 is 18.3 Å². The molecule has 1 rings (SSSR count). The number of hydrogen-bond acceptors (Lipinski definition) is 4. The predicted molar refractivity (Wildman–Crippen MR) is 104 cm³/mol. The monoisotopic (exact) mass is 352 g/mol. The molecule has 144 valence electrons. The Labute approximate surface area is 154 Å². The molecular weight excluding hydrogens is 315 g/mol. The van der Waals surface area contributed by atoms with Crippen LogP contribution < -0.4 is 0 Å². The average molecular weight is 352 g/mol. The minimum Gasteiger partial charge on any atom is -0.463 e. The van der Waals surface area contributed by atoms with Crippen LogP contribution in [0.5, 0.6) is 0 Å². The average Bonchev–Trinajstić information content (AvgIpc) is 2.64. The Hall–Kier alpha value is -0.805. The van der Waals surface area contributed by atoms with Crippen molar-refractivity contribution in [3.05, 3.63) is 11.1 Å². The minimum atomic E-state index is -0.427. The fourth-order valence-corrected chi connectivity index (χ4v) is 3.10. The van der Waals surface area contributed by atoms with Crippen molar-refractivity contribution >= 4 is 13.1 Å². The number of carbonyl (C=O) groups excluding carboxylic acids is 1. The van der Waals surface area contributed by atoms with Gasteiger partial charge in [0.05, 0.1) is 17.8 Å². The third kappa shape index (κ3) is 5.58. The van der Waals surface area contributed by atoms with Gasteiger partial charge in [-0.25, -0.2) is 4.79 Å². The molecule has 1 aliphatic heterocycles. The van der Waals surface area contributed by atoms with Crippen molar-refractivity contribution < 1.29 is 18.8 Å². The SMILES string of the molecule is CCCC/C(=C(/CB1OC(C)(C)C(C)(C)O1)C(=O)OCC)C(C)(C)C. The summed E-state index contributed by atoms with van der Waals surface area (Å²) in [4.78, 5) is 12.7. The topological polar surface area (TPSA) is 44.8 Å². The highest BCUT2D eigenvalue weighted by Crippen LogP contribution is 2.41. The molecule has 1 aliphatic rings. The molecule has 0 N–H and O–H groups in total. The van der Waals surface area contributed by atoms with Gasteiger partial charge < -0.3 is 14.0 Å². The van der Waals surface area contributed by atoms with Crippen molar-refractivity contribution in [3.63, 3.8) is 0 Å². The highest BCUT2D eigenvalue weighted by molar-refractivity contribution is 6.47. The van der Waals surface area contributed by atoms with Gasteiger partial charge >= 0.3 is 13.1 Å². The molecule has 5 heteroatoms. The van der Waals surface area contributed by atoms with E-state index in [1.165, 1.54) is 0 Å². The van der Waals surface area contributed by atoms with E-state index in [9.17, 15) is 4.79 Å². The van der Waals surface area contributed by atoms with Gasteiger partial charge in [0, 0.05) is 11.9 Å². The molecule has 25 heavy (non-hydrogen) atoms. The lowest BCUT2D eigenvalue weighted by Crippen LogP contribution is -2.41. The van der Waals surface area contributed by atoms with E-state index in [0.29, 0.717) is 12.9 Å². The second-order valence-corrected chi connectivity index (χ2v) is 8.92. The first-order valence-electron chi connectivity index (χ1n) is 9.61. The van der Waals surface area contributed by atoms with Crippen molar-refractivity contribution in [1.29, 1.82) is 0 Å². The van der Waals surface area contributed by atoms with E-state index in [-0.39, 0.29) is 11.4 Å². The molecule has 4 nitrogen and oxygen atoms in total. The summed E-state index contributed by atoms with van der Waals surface area (Å²) in [6, 6.07) is 0. The Bertz CT molecular complexity index is 484. The second kappa shape index (κ2) is 8.26. The third-order valence-corrected chi connectivity index (χ3v) is 5.24. The van der Waals surface area contributed by atoms with Gasteiger partial charge in [-0.3, -0.25) is 0 Å². The highest BCUT2D eigenvalue weighted by Gasteiger charge is 2.51. The molecule has 1 fully saturated rings. The van der Waals surface area contributed by atoms with Crippen LogP contribution in [0.25, 0.3) is 0 Å². The van der Waals surface area contributed by atoms with Crippen molar-refractivity contribution in [2.45, 2.75) is 99.1 Å². The number of hydrogen-bond donors (Lipinski definition) is 0. The molecule has 0 aromatic carbocycles. The smallest absolute Gasteiger partial charge is 0.462 e. The standard InChI is InChI=1S/C20H37BO4/c1-10-12-13-16(18(3,4)5)15(17(22)23-11-2)14-21-24-19(6,7)20(8,9)25-21/h10-14H2,1-9H3/b16-15+. The number of allylic oxidation sites excluding steroid dienone is 1. The lowest BCUT2D eigenvalue weighted by molar-refractivity contribution is -0.138. The van der Waals surface area contributed by atoms with Gasteiger partial charge in [-0.05, 0) is 52.9 Å². The largest absolute Gasteiger partial charge is 0.463 e. The number of rotatable bonds is 7. The molecule has 1 heterocycles. The molecule has 0 radical (unpaired) electrons. The van der Waals surface area contributed by atoms with Crippen LogP contribution in [0.15, 0.2) is 11.1 Å². The first-order valence-corrected chi connectivity index (χ1v) is 9.61. The van der Waals surface area contributed by atoms with Crippen LogP contribution in [0.2, 0.25) is 6.32 Å². The van der Waals surface area contributed by atoms with Crippen molar-refractivity contribution in [2.24, 2.45) is 5.41 Å². The summed E-state index contributed by atoms with van der Waals surface area (Å²) in [6.07, 6.45) is 3.47. The summed E-state index contributed by atoms with van der Waals surface area (Å²) in [7, 11) is -0.427. The van der Waals surface area contributed by atoms with E-state index in [0.717, 1.165) is 30.4 Å². The van der Waals surface area contributed by atoms with Crippen LogP contribution in [0.1, 0.15) is 81.6 Å². The van der Waals surface area contributed by atoms with Gasteiger partial charge in [-0.1, -0.05) is 39.7 Å². The Morgan fingerprint density at radius 2 is 1.56 bits per heavy atom. The maximum absolute atomic E-state index is 12.7. The van der Waals surface area contributed by atoms with Crippen molar-refractivity contribution in [3.8, 4) is 0 Å². The normalized spacial score (nSPS) is 20.4. The van der Waals surface area contributed by atoms with Gasteiger partial charge in [0.1, 0.15) is 0 Å². The Morgan fingerprint density at radius 3 is 1.96 bits per heavy atom. The molecule has 1 saturated heterocycles. The van der Waals surface area contributed by atoms with Crippen LogP contribution in [0, 0.1) is 5.41 Å². The summed E-state index contributed by atoms with van der Waals surface area (Å²) in [5.74, 6) is -0.238. The number of esters is 1. The summed E-state index contributed by atoms with van der Waals surface area (Å²) in [6.45, 7) is 19.0. The van der Waals surface area contributed by atoms with Crippen LogP contribution in [-0.2, 0) is 18.8 Å². The fraction of sp³-hybridized carbons (Fsp3) is 0.850. The maximum atomic E-state index is 12.7. The minimum absolute atomic E-state index is 0.0963. The van der Waals surface area contributed by atoms with Gasteiger partial charge in [0.25, 0.3) is 0 Å². The lowest BCUT2D eigenvalue weighted by atomic mass is 9.73. The first-order chi connectivity index (χ1) is 11.4. The zero-order chi connectivity index (χ0) is 19.5. The van der Waals surface area contributed by atoms with E-state index in [1.807, 2.05) is 34.6 Å². The molecule has 0 atom stereocenters.